The predicted molar refractivity (Wildman–Crippen MR) is 174 cm³/mol. The van der Waals surface area contributed by atoms with Crippen molar-refractivity contribution in [1.82, 2.24) is 10.6 Å². The summed E-state index contributed by atoms with van der Waals surface area (Å²) in [5.74, 6) is 0.182. The van der Waals surface area contributed by atoms with Gasteiger partial charge >= 0.3 is 0 Å². The molecule has 0 aliphatic carbocycles. The number of carbonyl (C=O) groups excluding carboxylic acids is 3. The van der Waals surface area contributed by atoms with E-state index in [4.69, 9.17) is 9.47 Å². The molecule has 1 fully saturated rings. The van der Waals surface area contributed by atoms with Gasteiger partial charge in [0, 0.05) is 29.7 Å². The molecule has 3 aromatic rings. The SMILES string of the molecule is CN[C@@H](C)C(=O)N[C@H]1CN(C(=O)CC2CCOCC2)c2ccccc2N(Cc2c(OC)ccc3cc(Br)ccc23)C1=O.Cl. The third-order valence-corrected chi connectivity index (χ3v) is 8.72. The Morgan fingerprint density at radius 2 is 1.81 bits per heavy atom. The fourth-order valence-corrected chi connectivity index (χ4v) is 6.06. The zero-order valence-corrected chi connectivity index (χ0v) is 27.0. The van der Waals surface area contributed by atoms with Crippen LogP contribution in [0.1, 0.15) is 31.7 Å². The number of nitrogens with one attached hydrogen (secondary N) is 2. The molecule has 0 radical (unpaired) electrons. The second kappa shape index (κ2) is 14.5. The van der Waals surface area contributed by atoms with E-state index in [1.54, 1.807) is 30.9 Å². The van der Waals surface area contributed by atoms with Crippen LogP contribution in [0.25, 0.3) is 10.8 Å². The van der Waals surface area contributed by atoms with E-state index >= 15 is 0 Å². The van der Waals surface area contributed by atoms with E-state index in [2.05, 4.69) is 26.6 Å². The molecule has 230 valence electrons. The molecule has 3 amide bonds. The summed E-state index contributed by atoms with van der Waals surface area (Å²) in [5.41, 5.74) is 2.09. The van der Waals surface area contributed by atoms with Crippen LogP contribution in [0.4, 0.5) is 11.4 Å². The minimum Gasteiger partial charge on any atom is -0.496 e. The molecule has 3 aromatic carbocycles. The van der Waals surface area contributed by atoms with Gasteiger partial charge in [0.25, 0.3) is 5.91 Å². The number of para-hydroxylation sites is 2. The van der Waals surface area contributed by atoms with E-state index in [9.17, 15) is 14.4 Å². The average Bonchev–Trinajstić information content (AvgIpc) is 3.11. The van der Waals surface area contributed by atoms with E-state index < -0.39 is 12.1 Å². The Morgan fingerprint density at radius 1 is 1.09 bits per heavy atom. The van der Waals surface area contributed by atoms with Crippen molar-refractivity contribution < 1.29 is 23.9 Å². The van der Waals surface area contributed by atoms with Crippen molar-refractivity contribution in [2.45, 2.75) is 44.8 Å². The van der Waals surface area contributed by atoms with Crippen LogP contribution in [-0.2, 0) is 25.7 Å². The Kier molecular flexibility index (Phi) is 11.1. The molecular weight excluding hydrogens is 636 g/mol. The van der Waals surface area contributed by atoms with E-state index in [-0.39, 0.29) is 49.1 Å². The van der Waals surface area contributed by atoms with E-state index in [1.807, 2.05) is 54.6 Å². The Morgan fingerprint density at radius 3 is 2.51 bits per heavy atom. The van der Waals surface area contributed by atoms with Crippen LogP contribution in [0.15, 0.2) is 59.1 Å². The Labute approximate surface area is 266 Å². The van der Waals surface area contributed by atoms with Gasteiger partial charge in [-0.3, -0.25) is 14.4 Å². The van der Waals surface area contributed by atoms with Gasteiger partial charge in [-0.05, 0) is 73.8 Å². The molecule has 2 heterocycles. The number of likely N-dealkylation sites (N-methyl/N-ethyl adjacent to an activating group) is 1. The number of fused-ring (bicyclic) bond motifs is 2. The molecule has 9 nitrogen and oxygen atoms in total. The number of amides is 3. The summed E-state index contributed by atoms with van der Waals surface area (Å²) >= 11 is 3.55. The Hall–Kier alpha value is -3.18. The third-order valence-electron chi connectivity index (χ3n) is 8.23. The number of nitrogens with zero attached hydrogens (tertiary/aromatic N) is 2. The summed E-state index contributed by atoms with van der Waals surface area (Å²) in [6.07, 6.45) is 2.00. The van der Waals surface area contributed by atoms with Crippen molar-refractivity contribution in [3.63, 3.8) is 0 Å². The first kappa shape index (κ1) is 32.7. The van der Waals surface area contributed by atoms with Gasteiger partial charge in [0.2, 0.25) is 11.8 Å². The van der Waals surface area contributed by atoms with Crippen molar-refractivity contribution >= 4 is 68.2 Å². The number of halogens is 2. The van der Waals surface area contributed by atoms with E-state index in [0.717, 1.165) is 33.7 Å². The van der Waals surface area contributed by atoms with Crippen LogP contribution in [0.2, 0.25) is 0 Å². The van der Waals surface area contributed by atoms with Crippen LogP contribution in [0, 0.1) is 5.92 Å². The molecule has 0 bridgehead atoms. The van der Waals surface area contributed by atoms with E-state index in [0.29, 0.717) is 36.8 Å². The molecule has 1 saturated heterocycles. The molecule has 0 unspecified atom stereocenters. The number of hydrogen-bond donors (Lipinski definition) is 2. The normalized spacial score (nSPS) is 18.0. The number of benzene rings is 3. The minimum atomic E-state index is -0.950. The highest BCUT2D eigenvalue weighted by molar-refractivity contribution is 9.10. The number of carbonyl (C=O) groups is 3. The lowest BCUT2D eigenvalue weighted by Crippen LogP contribution is -2.55. The highest BCUT2D eigenvalue weighted by Crippen LogP contribution is 2.38. The van der Waals surface area contributed by atoms with Crippen LogP contribution >= 0.6 is 28.3 Å². The van der Waals surface area contributed by atoms with Gasteiger partial charge in [-0.2, -0.15) is 0 Å². The van der Waals surface area contributed by atoms with Crippen LogP contribution in [0.5, 0.6) is 5.75 Å². The molecule has 11 heteroatoms. The zero-order chi connectivity index (χ0) is 29.8. The maximum atomic E-state index is 14.4. The average molecular weight is 674 g/mol. The van der Waals surface area contributed by atoms with Crippen LogP contribution in [-0.4, -0.2) is 63.7 Å². The fourth-order valence-electron chi connectivity index (χ4n) is 5.69. The lowest BCUT2D eigenvalue weighted by Gasteiger charge is -2.28. The van der Waals surface area contributed by atoms with Crippen molar-refractivity contribution in [2.24, 2.45) is 5.92 Å². The maximum absolute atomic E-state index is 14.4. The summed E-state index contributed by atoms with van der Waals surface area (Å²) in [5, 5.41) is 7.80. The zero-order valence-electron chi connectivity index (χ0n) is 24.6. The largest absolute Gasteiger partial charge is 0.496 e. The fraction of sp³-hybridized carbons (Fsp3) is 0.406. The molecular formula is C32H38BrClN4O5. The lowest BCUT2D eigenvalue weighted by molar-refractivity contribution is -0.128. The van der Waals surface area contributed by atoms with Gasteiger partial charge in [-0.1, -0.05) is 40.2 Å². The van der Waals surface area contributed by atoms with Crippen molar-refractivity contribution in [3.05, 3.63) is 64.6 Å². The second-order valence-electron chi connectivity index (χ2n) is 10.9. The first-order valence-corrected chi connectivity index (χ1v) is 15.1. The first-order valence-electron chi connectivity index (χ1n) is 14.3. The van der Waals surface area contributed by atoms with Gasteiger partial charge in [0.1, 0.15) is 11.8 Å². The van der Waals surface area contributed by atoms with Gasteiger partial charge in [0.05, 0.1) is 37.6 Å². The molecule has 2 aliphatic rings. The summed E-state index contributed by atoms with van der Waals surface area (Å²) in [7, 11) is 3.30. The van der Waals surface area contributed by atoms with Gasteiger partial charge in [0.15, 0.2) is 0 Å². The smallest absolute Gasteiger partial charge is 0.251 e. The van der Waals surface area contributed by atoms with E-state index in [1.165, 1.54) is 0 Å². The third kappa shape index (κ3) is 7.15. The van der Waals surface area contributed by atoms with Crippen molar-refractivity contribution in [3.8, 4) is 5.75 Å². The molecule has 2 aliphatic heterocycles. The molecule has 2 atom stereocenters. The van der Waals surface area contributed by atoms with Gasteiger partial charge in [-0.15, -0.1) is 12.4 Å². The Bertz CT molecular complexity index is 1480. The predicted octanol–water partition coefficient (Wildman–Crippen LogP) is 4.82. The maximum Gasteiger partial charge on any atom is 0.251 e. The van der Waals surface area contributed by atoms with Crippen LogP contribution in [0.3, 0.4) is 0 Å². The molecule has 43 heavy (non-hydrogen) atoms. The van der Waals surface area contributed by atoms with Gasteiger partial charge in [-0.25, -0.2) is 0 Å². The summed E-state index contributed by atoms with van der Waals surface area (Å²) in [6.45, 7) is 3.25. The number of methoxy groups -OCH3 is 1. The van der Waals surface area contributed by atoms with Crippen molar-refractivity contribution in [1.29, 1.82) is 0 Å². The summed E-state index contributed by atoms with van der Waals surface area (Å²) in [6, 6.07) is 15.9. The van der Waals surface area contributed by atoms with Gasteiger partial charge < -0.3 is 29.9 Å². The molecule has 2 N–H and O–H groups in total. The summed E-state index contributed by atoms with van der Waals surface area (Å²) in [4.78, 5) is 44.7. The molecule has 0 saturated carbocycles. The number of anilines is 2. The number of rotatable bonds is 8. The topological polar surface area (TPSA) is 100 Å². The second-order valence-corrected chi connectivity index (χ2v) is 11.8. The van der Waals surface area contributed by atoms with Crippen LogP contribution < -0.4 is 25.2 Å². The quantitative estimate of drug-likeness (QED) is 0.356. The Balaban J connectivity index is 0.00000423. The highest BCUT2D eigenvalue weighted by atomic mass is 79.9. The first-order chi connectivity index (χ1) is 20.3. The molecule has 5 rings (SSSR count). The number of hydrogen-bond acceptors (Lipinski definition) is 6. The monoisotopic (exact) mass is 672 g/mol. The standard InChI is InChI=1S/C32H37BrN4O5.ClH/c1-20(34-2)31(39)35-26-19-36(30(38)16-21-12-14-42-15-13-21)27-6-4-5-7-28(27)37(32(26)40)18-25-24-10-9-23(33)17-22(24)8-11-29(25)41-3;/h4-11,17,20-21,26,34H,12-16,18-19H2,1-3H3,(H,35,39);1H/t20-,26-;/m0./s1. The minimum absolute atomic E-state index is 0. The highest BCUT2D eigenvalue weighted by Gasteiger charge is 2.38. The summed E-state index contributed by atoms with van der Waals surface area (Å²) < 4.78 is 12.2. The van der Waals surface area contributed by atoms with Crippen molar-refractivity contribution in [2.75, 3.05) is 43.7 Å². The number of ether oxygens (including phenoxy) is 2. The molecule has 0 spiro atoms. The molecule has 0 aromatic heterocycles. The lowest BCUT2D eigenvalue weighted by atomic mass is 9.95.